The van der Waals surface area contributed by atoms with E-state index in [2.05, 4.69) is 5.32 Å². The number of hydrogen-bond donors (Lipinski definition) is 1. The van der Waals surface area contributed by atoms with E-state index in [1.54, 1.807) is 37.3 Å². The third kappa shape index (κ3) is 7.86. The molecule has 0 radical (unpaired) electrons. The van der Waals surface area contributed by atoms with E-state index in [1.807, 2.05) is 19.0 Å². The van der Waals surface area contributed by atoms with Gasteiger partial charge in [0.25, 0.3) is 5.91 Å². The van der Waals surface area contributed by atoms with Gasteiger partial charge in [0.2, 0.25) is 0 Å². The van der Waals surface area contributed by atoms with Gasteiger partial charge in [-0.05, 0) is 105 Å². The molecule has 3 aromatic carbocycles. The number of ketones is 1. The third-order valence-electron chi connectivity index (χ3n) is 6.65. The highest BCUT2D eigenvalue weighted by molar-refractivity contribution is 6.32. The summed E-state index contributed by atoms with van der Waals surface area (Å²) in [6.45, 7) is 2.76. The molecule has 1 atom stereocenters. The van der Waals surface area contributed by atoms with Gasteiger partial charge in [0.05, 0.1) is 5.02 Å². The second kappa shape index (κ2) is 13.2. The molecule has 1 fully saturated rings. The van der Waals surface area contributed by atoms with Crippen molar-refractivity contribution in [3.63, 3.8) is 0 Å². The summed E-state index contributed by atoms with van der Waals surface area (Å²) in [5, 5.41) is 3.25. The molecule has 1 N–H and O–H groups in total. The van der Waals surface area contributed by atoms with Crippen LogP contribution in [-0.2, 0) is 4.79 Å². The predicted octanol–water partition coefficient (Wildman–Crippen LogP) is 6.63. The van der Waals surface area contributed by atoms with E-state index < -0.39 is 23.6 Å². The summed E-state index contributed by atoms with van der Waals surface area (Å²) in [4.78, 5) is 28.6. The monoisotopic (exact) mass is 582 g/mol. The maximum atomic E-state index is 13.9. The highest BCUT2D eigenvalue weighted by atomic mass is 35.5. The van der Waals surface area contributed by atoms with Gasteiger partial charge in [-0.1, -0.05) is 23.7 Å². The highest BCUT2D eigenvalue weighted by Gasteiger charge is 2.29. The van der Waals surface area contributed by atoms with Crippen LogP contribution in [0.4, 0.5) is 13.2 Å². The number of likely N-dealkylation sites (N-methyl/N-ethyl adjacent to an activating group) is 1. The Bertz CT molecular complexity index is 1460. The highest BCUT2D eigenvalue weighted by Crippen LogP contribution is 2.30. The van der Waals surface area contributed by atoms with Crippen LogP contribution in [0.25, 0.3) is 12.2 Å². The number of nitrogens with zero attached hydrogens (tertiary/aromatic N) is 1. The van der Waals surface area contributed by atoms with Crippen molar-refractivity contribution in [2.24, 2.45) is 0 Å². The van der Waals surface area contributed by atoms with Crippen molar-refractivity contribution < 1.29 is 27.5 Å². The van der Waals surface area contributed by atoms with Gasteiger partial charge < -0.3 is 15.0 Å². The smallest absolute Gasteiger partial charge is 0.251 e. The zero-order valence-corrected chi connectivity index (χ0v) is 23.7. The Balaban J connectivity index is 1.59. The van der Waals surface area contributed by atoms with Gasteiger partial charge in [-0.25, -0.2) is 13.2 Å². The first-order valence-corrected chi connectivity index (χ1v) is 13.4. The molecular weight excluding hydrogens is 553 g/mol. The molecule has 41 heavy (non-hydrogen) atoms. The van der Waals surface area contributed by atoms with Crippen LogP contribution in [0.5, 0.6) is 5.75 Å². The molecule has 1 amide bonds. The summed E-state index contributed by atoms with van der Waals surface area (Å²) < 4.78 is 46.8. The van der Waals surface area contributed by atoms with E-state index in [9.17, 15) is 22.8 Å². The van der Waals surface area contributed by atoms with Crippen LogP contribution in [0.15, 0.2) is 65.7 Å². The maximum absolute atomic E-state index is 13.9. The summed E-state index contributed by atoms with van der Waals surface area (Å²) in [6, 6.07) is 12.2. The minimum atomic E-state index is -1.03. The summed E-state index contributed by atoms with van der Waals surface area (Å²) in [5.41, 5.74) is 2.40. The van der Waals surface area contributed by atoms with Gasteiger partial charge in [-0.3, -0.25) is 9.59 Å². The number of aryl methyl sites for hydroxylation is 1. The van der Waals surface area contributed by atoms with Crippen LogP contribution < -0.4 is 10.1 Å². The van der Waals surface area contributed by atoms with E-state index >= 15 is 0 Å². The van der Waals surface area contributed by atoms with E-state index in [4.69, 9.17) is 16.3 Å². The number of hydrogen-bond acceptors (Lipinski definition) is 4. The zero-order chi connectivity index (χ0) is 29.7. The SMILES string of the molecule is Cc1cc(/C=C2\CC(NC(=O)c3ccc(OCCN(C)C)c(Cl)c3)C/C(=C\c3ccc(F)c(F)c3)C2=O)ccc1F. The Morgan fingerprint density at radius 3 is 2.17 bits per heavy atom. The van der Waals surface area contributed by atoms with Gasteiger partial charge in [-0.15, -0.1) is 0 Å². The van der Waals surface area contributed by atoms with Crippen LogP contribution in [0.1, 0.15) is 39.9 Å². The molecule has 1 aliphatic rings. The number of Topliss-reactive ketones (excluding diaryl/α,β-unsaturated/α-hetero) is 1. The number of carbonyl (C=O) groups is 2. The third-order valence-corrected chi connectivity index (χ3v) is 6.94. The molecule has 0 aliphatic heterocycles. The largest absolute Gasteiger partial charge is 0.491 e. The van der Waals surface area contributed by atoms with Crippen LogP contribution in [-0.4, -0.2) is 49.9 Å². The standard InChI is InChI=1S/C32H30ClF3N2O3/c1-19-12-20(4-7-27(19)34)13-23-16-25(17-24(31(23)39)14-21-5-8-28(35)29(36)15-21)37-32(40)22-6-9-30(26(33)18-22)41-11-10-38(2)3/h4-9,12-15,18,25H,10-11,16-17H2,1-3H3,(H,37,40)/b23-13+,24-14+. The van der Waals surface area contributed by atoms with E-state index in [-0.39, 0.29) is 24.4 Å². The Kier molecular flexibility index (Phi) is 9.68. The number of halogens is 4. The van der Waals surface area contributed by atoms with Crippen molar-refractivity contribution in [1.82, 2.24) is 10.2 Å². The number of ether oxygens (including phenoxy) is 1. The van der Waals surface area contributed by atoms with E-state index in [0.29, 0.717) is 57.3 Å². The fourth-order valence-electron chi connectivity index (χ4n) is 4.47. The summed E-state index contributed by atoms with van der Waals surface area (Å²) in [5.74, 6) is -2.60. The number of rotatable bonds is 8. The lowest BCUT2D eigenvalue weighted by atomic mass is 9.83. The molecule has 1 aliphatic carbocycles. The molecule has 0 bridgehead atoms. The predicted molar refractivity (Wildman–Crippen MR) is 154 cm³/mol. The summed E-state index contributed by atoms with van der Waals surface area (Å²) in [7, 11) is 3.86. The molecule has 9 heteroatoms. The lowest BCUT2D eigenvalue weighted by Crippen LogP contribution is -2.39. The topological polar surface area (TPSA) is 58.6 Å². The summed E-state index contributed by atoms with van der Waals surface area (Å²) >= 11 is 6.36. The van der Waals surface area contributed by atoms with E-state index in [1.165, 1.54) is 24.3 Å². The average molecular weight is 583 g/mol. The molecule has 1 unspecified atom stereocenters. The van der Waals surface area contributed by atoms with Crippen LogP contribution >= 0.6 is 11.6 Å². The van der Waals surface area contributed by atoms with Gasteiger partial charge in [-0.2, -0.15) is 0 Å². The molecule has 0 saturated heterocycles. The first-order valence-electron chi connectivity index (χ1n) is 13.0. The molecule has 4 rings (SSSR count). The van der Waals surface area contributed by atoms with Crippen LogP contribution in [0.3, 0.4) is 0 Å². The maximum Gasteiger partial charge on any atom is 0.251 e. The lowest BCUT2D eigenvalue weighted by molar-refractivity contribution is -0.113. The quantitative estimate of drug-likeness (QED) is 0.303. The Hall–Kier alpha value is -3.88. The fourth-order valence-corrected chi connectivity index (χ4v) is 4.71. The Morgan fingerprint density at radius 1 is 0.951 bits per heavy atom. The molecule has 0 heterocycles. The zero-order valence-electron chi connectivity index (χ0n) is 22.9. The molecule has 1 saturated carbocycles. The van der Waals surface area contributed by atoms with Crippen molar-refractivity contribution in [1.29, 1.82) is 0 Å². The van der Waals surface area contributed by atoms with Crippen molar-refractivity contribution in [2.45, 2.75) is 25.8 Å². The van der Waals surface area contributed by atoms with E-state index in [0.717, 1.165) is 12.1 Å². The second-order valence-corrected chi connectivity index (χ2v) is 10.6. The molecular formula is C32H30ClF3N2O3. The summed E-state index contributed by atoms with van der Waals surface area (Å²) in [6.07, 6.45) is 3.53. The molecule has 0 spiro atoms. The van der Waals surface area contributed by atoms with Gasteiger partial charge in [0, 0.05) is 29.3 Å². The number of benzene rings is 3. The van der Waals surface area contributed by atoms with Gasteiger partial charge >= 0.3 is 0 Å². The fraction of sp³-hybridized carbons (Fsp3) is 0.250. The molecule has 0 aromatic heterocycles. The minimum Gasteiger partial charge on any atom is -0.491 e. The lowest BCUT2D eigenvalue weighted by Gasteiger charge is -2.27. The molecule has 5 nitrogen and oxygen atoms in total. The van der Waals surface area contributed by atoms with Crippen molar-refractivity contribution in [3.8, 4) is 5.75 Å². The van der Waals surface area contributed by atoms with Crippen molar-refractivity contribution in [2.75, 3.05) is 27.2 Å². The van der Waals surface area contributed by atoms with Gasteiger partial charge in [0.1, 0.15) is 18.2 Å². The van der Waals surface area contributed by atoms with Crippen LogP contribution in [0.2, 0.25) is 5.02 Å². The molecule has 214 valence electrons. The van der Waals surface area contributed by atoms with Crippen molar-refractivity contribution >= 4 is 35.4 Å². The number of amides is 1. The Morgan fingerprint density at radius 2 is 1.59 bits per heavy atom. The Labute approximate surface area is 242 Å². The van der Waals surface area contributed by atoms with Crippen LogP contribution in [0, 0.1) is 24.4 Å². The first kappa shape index (κ1) is 30.1. The molecule has 3 aromatic rings. The number of carbonyl (C=O) groups excluding carboxylic acids is 2. The van der Waals surface area contributed by atoms with Gasteiger partial charge in [0.15, 0.2) is 17.4 Å². The normalized spacial score (nSPS) is 17.4. The first-order chi connectivity index (χ1) is 19.5. The minimum absolute atomic E-state index is 0.169. The van der Waals surface area contributed by atoms with Crippen molar-refractivity contribution in [3.05, 3.63) is 110 Å². The second-order valence-electron chi connectivity index (χ2n) is 10.2. The number of nitrogens with one attached hydrogen (secondary N) is 1. The average Bonchev–Trinajstić information content (AvgIpc) is 2.91.